The maximum absolute atomic E-state index is 11.7. The third kappa shape index (κ3) is 3.14. The van der Waals surface area contributed by atoms with Crippen LogP contribution in [-0.4, -0.2) is 11.9 Å². The Morgan fingerprint density at radius 3 is 3.00 bits per heavy atom. The summed E-state index contributed by atoms with van der Waals surface area (Å²) in [5, 5.41) is 2.75. The SMILES string of the molecule is C#CC(CCC)NC(=O)c1ccoc1Br. The van der Waals surface area contributed by atoms with Gasteiger partial charge in [0.05, 0.1) is 17.9 Å². The number of nitrogens with one attached hydrogen (secondary N) is 1. The number of terminal acetylenes is 1. The van der Waals surface area contributed by atoms with E-state index in [1.807, 2.05) is 6.92 Å². The molecular formula is C11H12BrNO2. The lowest BCUT2D eigenvalue weighted by atomic mass is 10.1. The fraction of sp³-hybridized carbons (Fsp3) is 0.364. The zero-order valence-corrected chi connectivity index (χ0v) is 10.0. The molecule has 1 N–H and O–H groups in total. The molecule has 0 aliphatic carbocycles. The molecule has 0 aliphatic heterocycles. The van der Waals surface area contributed by atoms with Crippen LogP contribution in [0.15, 0.2) is 21.4 Å². The first-order chi connectivity index (χ1) is 7.19. The van der Waals surface area contributed by atoms with Gasteiger partial charge in [0.15, 0.2) is 4.67 Å². The Balaban J connectivity index is 2.64. The van der Waals surface area contributed by atoms with Crippen molar-refractivity contribution in [2.24, 2.45) is 0 Å². The van der Waals surface area contributed by atoms with Gasteiger partial charge in [0.1, 0.15) is 0 Å². The first-order valence-electron chi connectivity index (χ1n) is 4.69. The first kappa shape index (κ1) is 11.9. The molecule has 0 bridgehead atoms. The molecule has 0 radical (unpaired) electrons. The predicted octanol–water partition coefficient (Wildman–Crippen LogP) is 2.57. The number of hydrogen-bond acceptors (Lipinski definition) is 2. The van der Waals surface area contributed by atoms with Crippen LogP contribution in [-0.2, 0) is 0 Å². The van der Waals surface area contributed by atoms with E-state index in [4.69, 9.17) is 10.8 Å². The maximum Gasteiger partial charge on any atom is 0.256 e. The molecule has 0 spiro atoms. The highest BCUT2D eigenvalue weighted by Gasteiger charge is 2.15. The number of carbonyl (C=O) groups excluding carboxylic acids is 1. The molecule has 1 aromatic heterocycles. The van der Waals surface area contributed by atoms with Gasteiger partial charge < -0.3 is 9.73 Å². The van der Waals surface area contributed by atoms with Gasteiger partial charge in [-0.3, -0.25) is 4.79 Å². The van der Waals surface area contributed by atoms with Crippen LogP contribution in [0.2, 0.25) is 0 Å². The average Bonchev–Trinajstić information content (AvgIpc) is 2.63. The summed E-state index contributed by atoms with van der Waals surface area (Å²) in [6.45, 7) is 2.02. The minimum absolute atomic E-state index is 0.216. The van der Waals surface area contributed by atoms with E-state index in [-0.39, 0.29) is 11.9 Å². The van der Waals surface area contributed by atoms with Crippen molar-refractivity contribution in [3.63, 3.8) is 0 Å². The summed E-state index contributed by atoms with van der Waals surface area (Å²) in [7, 11) is 0. The van der Waals surface area contributed by atoms with Crippen LogP contribution in [0.25, 0.3) is 0 Å². The number of furan rings is 1. The highest BCUT2D eigenvalue weighted by molar-refractivity contribution is 9.10. The van der Waals surface area contributed by atoms with Crippen LogP contribution in [0.3, 0.4) is 0 Å². The molecule has 1 atom stereocenters. The zero-order chi connectivity index (χ0) is 11.3. The van der Waals surface area contributed by atoms with E-state index >= 15 is 0 Å². The highest BCUT2D eigenvalue weighted by atomic mass is 79.9. The van der Waals surface area contributed by atoms with Gasteiger partial charge in [-0.05, 0) is 28.4 Å². The normalized spacial score (nSPS) is 11.8. The number of hydrogen-bond donors (Lipinski definition) is 1. The van der Waals surface area contributed by atoms with Crippen molar-refractivity contribution < 1.29 is 9.21 Å². The molecule has 0 saturated heterocycles. The van der Waals surface area contributed by atoms with Gasteiger partial charge in [0.25, 0.3) is 5.91 Å². The van der Waals surface area contributed by atoms with Gasteiger partial charge in [-0.15, -0.1) is 6.42 Å². The average molecular weight is 270 g/mol. The summed E-state index contributed by atoms with van der Waals surface area (Å²) in [6, 6.07) is 1.38. The summed E-state index contributed by atoms with van der Waals surface area (Å²) in [5.41, 5.74) is 0.464. The Labute approximate surface area is 97.4 Å². The molecule has 1 unspecified atom stereocenters. The molecule has 15 heavy (non-hydrogen) atoms. The lowest BCUT2D eigenvalue weighted by molar-refractivity contribution is 0.0942. The molecule has 0 saturated carbocycles. The van der Waals surface area contributed by atoms with Gasteiger partial charge in [0.2, 0.25) is 0 Å². The van der Waals surface area contributed by atoms with Gasteiger partial charge in [-0.1, -0.05) is 19.3 Å². The summed E-state index contributed by atoms with van der Waals surface area (Å²) in [4.78, 5) is 11.7. The largest absolute Gasteiger partial charge is 0.457 e. The number of amides is 1. The Kier molecular flexibility index (Phi) is 4.44. The van der Waals surface area contributed by atoms with E-state index in [0.29, 0.717) is 10.2 Å². The molecule has 0 aromatic carbocycles. The zero-order valence-electron chi connectivity index (χ0n) is 8.42. The fourth-order valence-corrected chi connectivity index (χ4v) is 1.60. The van der Waals surface area contributed by atoms with Crippen molar-refractivity contribution in [1.82, 2.24) is 5.32 Å². The highest BCUT2D eigenvalue weighted by Crippen LogP contribution is 2.17. The Hall–Kier alpha value is -1.21. The van der Waals surface area contributed by atoms with Gasteiger partial charge in [-0.25, -0.2) is 0 Å². The second kappa shape index (κ2) is 5.62. The summed E-state index contributed by atoms with van der Waals surface area (Å²) < 4.78 is 5.39. The smallest absolute Gasteiger partial charge is 0.256 e. The van der Waals surface area contributed by atoms with Crippen LogP contribution < -0.4 is 5.32 Å². The van der Waals surface area contributed by atoms with E-state index in [1.165, 1.54) is 6.26 Å². The van der Waals surface area contributed by atoms with E-state index in [2.05, 4.69) is 27.2 Å². The minimum atomic E-state index is -0.218. The monoisotopic (exact) mass is 269 g/mol. The molecular weight excluding hydrogens is 258 g/mol. The Morgan fingerprint density at radius 1 is 1.80 bits per heavy atom. The van der Waals surface area contributed by atoms with E-state index in [1.54, 1.807) is 6.07 Å². The Bertz CT molecular complexity index is 378. The molecule has 1 aromatic rings. The lowest BCUT2D eigenvalue weighted by Gasteiger charge is -2.10. The Morgan fingerprint density at radius 2 is 2.53 bits per heavy atom. The predicted molar refractivity (Wildman–Crippen MR) is 61.4 cm³/mol. The maximum atomic E-state index is 11.7. The van der Waals surface area contributed by atoms with Crippen molar-refractivity contribution in [1.29, 1.82) is 0 Å². The molecule has 4 heteroatoms. The molecule has 1 heterocycles. The number of halogens is 1. The molecule has 80 valence electrons. The fourth-order valence-electron chi connectivity index (χ4n) is 1.18. The summed E-state index contributed by atoms with van der Waals surface area (Å²) in [6.07, 6.45) is 8.45. The van der Waals surface area contributed by atoms with Crippen molar-refractivity contribution in [3.05, 3.63) is 22.6 Å². The minimum Gasteiger partial charge on any atom is -0.457 e. The summed E-state index contributed by atoms with van der Waals surface area (Å²) in [5.74, 6) is 2.32. The molecule has 1 rings (SSSR count). The standard InChI is InChI=1S/C11H12BrNO2/c1-3-5-8(4-2)13-11(14)9-6-7-15-10(9)12/h2,6-8H,3,5H2,1H3,(H,13,14). The van der Waals surface area contributed by atoms with Crippen LogP contribution in [0.5, 0.6) is 0 Å². The van der Waals surface area contributed by atoms with Crippen molar-refractivity contribution >= 4 is 21.8 Å². The molecule has 0 fully saturated rings. The van der Waals surface area contributed by atoms with E-state index in [0.717, 1.165) is 12.8 Å². The van der Waals surface area contributed by atoms with Crippen LogP contribution in [0.1, 0.15) is 30.1 Å². The van der Waals surface area contributed by atoms with Crippen LogP contribution >= 0.6 is 15.9 Å². The quantitative estimate of drug-likeness (QED) is 0.854. The van der Waals surface area contributed by atoms with Gasteiger partial charge in [0, 0.05) is 0 Å². The van der Waals surface area contributed by atoms with Crippen molar-refractivity contribution in [3.8, 4) is 12.3 Å². The van der Waals surface area contributed by atoms with Crippen molar-refractivity contribution in [2.45, 2.75) is 25.8 Å². The van der Waals surface area contributed by atoms with Gasteiger partial charge in [-0.2, -0.15) is 0 Å². The number of carbonyl (C=O) groups is 1. The van der Waals surface area contributed by atoms with E-state index in [9.17, 15) is 4.79 Å². The first-order valence-corrected chi connectivity index (χ1v) is 5.48. The van der Waals surface area contributed by atoms with Crippen LogP contribution in [0.4, 0.5) is 0 Å². The van der Waals surface area contributed by atoms with Gasteiger partial charge >= 0.3 is 0 Å². The third-order valence-corrected chi connectivity index (χ3v) is 2.56. The third-order valence-electron chi connectivity index (χ3n) is 1.95. The van der Waals surface area contributed by atoms with Crippen molar-refractivity contribution in [2.75, 3.05) is 0 Å². The lowest BCUT2D eigenvalue weighted by Crippen LogP contribution is -2.33. The summed E-state index contributed by atoms with van der Waals surface area (Å²) >= 11 is 3.14. The second-order valence-electron chi connectivity index (χ2n) is 3.09. The molecule has 3 nitrogen and oxygen atoms in total. The van der Waals surface area contributed by atoms with Crippen LogP contribution in [0, 0.1) is 12.3 Å². The molecule has 0 aliphatic rings. The van der Waals surface area contributed by atoms with E-state index < -0.39 is 0 Å². The molecule has 1 amide bonds. The topological polar surface area (TPSA) is 42.2 Å². The number of rotatable bonds is 4. The second-order valence-corrected chi connectivity index (χ2v) is 3.81.